The molecule has 1 aromatic rings. The lowest BCUT2D eigenvalue weighted by Crippen LogP contribution is -2.64. The standard InChI is InChI=1S/C14H13N2O16P3/c17-8-7-9-15-11(19)16(8)32-34(21,23-9)27-13(7)28-35(22,29-13)31-14(15)25-12(6-4-2-1-3-5-6)10(18)24-33(20,26-12)30-14/h6,10,18H,1-5H2. The molecule has 35 heavy (non-hydrogen) atoms. The topological polar surface area (TPSA) is 208 Å². The Morgan fingerprint density at radius 1 is 0.886 bits per heavy atom. The van der Waals surface area contributed by atoms with E-state index >= 15 is 0 Å². The highest BCUT2D eigenvalue weighted by atomic mass is 31.2. The van der Waals surface area contributed by atoms with E-state index in [9.17, 15) is 28.4 Å². The lowest BCUT2D eigenvalue weighted by Gasteiger charge is -2.52. The van der Waals surface area contributed by atoms with Crippen molar-refractivity contribution in [3.8, 4) is 5.88 Å². The zero-order valence-corrected chi connectivity index (χ0v) is 19.7. The second-order valence-corrected chi connectivity index (χ2v) is 13.0. The van der Waals surface area contributed by atoms with E-state index in [1.807, 2.05) is 0 Å². The lowest BCUT2D eigenvalue weighted by atomic mass is 9.82. The molecule has 10 aliphatic rings. The van der Waals surface area contributed by atoms with Gasteiger partial charge in [0.15, 0.2) is 5.56 Å². The van der Waals surface area contributed by atoms with E-state index < -0.39 is 76.2 Å². The van der Waals surface area contributed by atoms with E-state index in [0.717, 1.165) is 6.42 Å². The van der Waals surface area contributed by atoms with Crippen molar-refractivity contribution in [2.24, 2.45) is 5.92 Å². The molecular formula is C14H13N2O16P3. The first-order chi connectivity index (χ1) is 16.4. The van der Waals surface area contributed by atoms with Crippen LogP contribution in [0.3, 0.4) is 0 Å². The molecule has 18 nitrogen and oxygen atoms in total. The molecule has 3 saturated heterocycles. The number of ether oxygens (including phenoxy) is 1. The van der Waals surface area contributed by atoms with E-state index in [0.29, 0.717) is 30.3 Å². The van der Waals surface area contributed by atoms with Crippen molar-refractivity contribution < 1.29 is 64.4 Å². The minimum Gasteiger partial charge on any atom is -0.376 e. The largest absolute Gasteiger partial charge is 0.613 e. The van der Waals surface area contributed by atoms with Crippen molar-refractivity contribution >= 4 is 23.5 Å². The van der Waals surface area contributed by atoms with Crippen molar-refractivity contribution in [2.75, 3.05) is 0 Å². The number of aromatic nitrogens is 2. The summed E-state index contributed by atoms with van der Waals surface area (Å²) in [6.45, 7) is 0. The highest BCUT2D eigenvalue weighted by Crippen LogP contribution is 2.80. The molecule has 1 aromatic heterocycles. The Balaban J connectivity index is 1.43. The van der Waals surface area contributed by atoms with Crippen LogP contribution < -0.4 is 20.4 Å². The molecular weight excluding hydrogens is 545 g/mol. The molecule has 0 aromatic carbocycles. The van der Waals surface area contributed by atoms with Crippen molar-refractivity contribution in [3.05, 3.63) is 26.4 Å². The third-order valence-corrected chi connectivity index (χ3v) is 10.6. The maximum atomic E-state index is 13.4. The fraction of sp³-hybridized carbons (Fsp3) is 0.714. The first-order valence-corrected chi connectivity index (χ1v) is 14.8. The molecule has 190 valence electrons. The van der Waals surface area contributed by atoms with Crippen molar-refractivity contribution in [1.82, 2.24) is 9.30 Å². The van der Waals surface area contributed by atoms with Crippen LogP contribution in [0, 0.1) is 5.92 Å². The summed E-state index contributed by atoms with van der Waals surface area (Å²) in [5, 5.41) is 10.7. The van der Waals surface area contributed by atoms with Crippen LogP contribution in [0.5, 0.6) is 5.88 Å². The normalized spacial score (nSPS) is 50.8. The average Bonchev–Trinajstić information content (AvgIpc) is 2.82. The zero-order chi connectivity index (χ0) is 24.2. The van der Waals surface area contributed by atoms with Gasteiger partial charge in [-0.25, -0.2) is 45.6 Å². The minimum absolute atomic E-state index is 0.0155. The van der Waals surface area contributed by atoms with Crippen molar-refractivity contribution in [3.63, 3.8) is 0 Å². The molecule has 5 atom stereocenters. The van der Waals surface area contributed by atoms with Gasteiger partial charge in [0, 0.05) is 5.92 Å². The third-order valence-electron chi connectivity index (χ3n) is 6.58. The minimum atomic E-state index is -4.83. The Labute approximate surface area is 192 Å². The molecule has 5 unspecified atom stereocenters. The summed E-state index contributed by atoms with van der Waals surface area (Å²) in [5.74, 6) is -6.44. The molecule has 9 bridgehead atoms. The van der Waals surface area contributed by atoms with Crippen LogP contribution in [-0.2, 0) is 62.2 Å². The first kappa shape index (κ1) is 21.7. The first-order valence-electron chi connectivity index (χ1n) is 10.4. The molecule has 2 spiro atoms. The van der Waals surface area contributed by atoms with Crippen LogP contribution >= 0.6 is 23.5 Å². The summed E-state index contributed by atoms with van der Waals surface area (Å²) in [6, 6.07) is 0. The van der Waals surface area contributed by atoms with Gasteiger partial charge in [0.05, 0.1) is 0 Å². The Morgan fingerprint density at radius 3 is 2.31 bits per heavy atom. The summed E-state index contributed by atoms with van der Waals surface area (Å²) in [5.41, 5.74) is -3.49. The molecule has 10 heterocycles. The Morgan fingerprint density at radius 2 is 1.57 bits per heavy atom. The molecule has 1 saturated carbocycles. The molecule has 9 aliphatic heterocycles. The molecule has 0 radical (unpaired) electrons. The van der Waals surface area contributed by atoms with Gasteiger partial charge in [0.25, 0.3) is 0 Å². The predicted octanol–water partition coefficient (Wildman–Crippen LogP) is 0.629. The van der Waals surface area contributed by atoms with Gasteiger partial charge in [0.2, 0.25) is 18.0 Å². The van der Waals surface area contributed by atoms with Crippen LogP contribution in [0.25, 0.3) is 0 Å². The summed E-state index contributed by atoms with van der Waals surface area (Å²) < 4.78 is 92.4. The van der Waals surface area contributed by atoms with Crippen LogP contribution in [0.1, 0.15) is 37.7 Å². The molecule has 11 rings (SSSR count). The molecule has 21 heteroatoms. The maximum Gasteiger partial charge on any atom is 0.613 e. The number of nitrogens with zero attached hydrogens (tertiary/aromatic N) is 2. The van der Waals surface area contributed by atoms with Gasteiger partial charge in [0.1, 0.15) is 0 Å². The molecule has 1 N–H and O–H groups in total. The van der Waals surface area contributed by atoms with Crippen LogP contribution in [0.15, 0.2) is 9.59 Å². The highest BCUT2D eigenvalue weighted by molar-refractivity contribution is 7.51. The van der Waals surface area contributed by atoms with Gasteiger partial charge < -0.3 is 9.63 Å². The number of aliphatic hydroxyl groups is 1. The second kappa shape index (κ2) is 6.01. The Hall–Kier alpha value is -1.39. The quantitative estimate of drug-likeness (QED) is 0.469. The van der Waals surface area contributed by atoms with E-state index in [2.05, 4.69) is 0 Å². The van der Waals surface area contributed by atoms with E-state index in [1.165, 1.54) is 0 Å². The van der Waals surface area contributed by atoms with E-state index in [4.69, 9.17) is 45.6 Å². The number of hydrogen-bond acceptors (Lipinski definition) is 16. The number of hydrogen-bond donors (Lipinski definition) is 1. The number of phosphoric ester groups is 3. The van der Waals surface area contributed by atoms with Gasteiger partial charge >= 0.3 is 46.8 Å². The van der Waals surface area contributed by atoms with Gasteiger partial charge in [-0.3, -0.25) is 18.7 Å². The smallest absolute Gasteiger partial charge is 0.376 e. The third kappa shape index (κ3) is 2.45. The van der Waals surface area contributed by atoms with Gasteiger partial charge in [-0.15, -0.1) is 0 Å². The summed E-state index contributed by atoms with van der Waals surface area (Å²) in [6.07, 6.45) is -2.10. The number of aliphatic hydroxyl groups excluding tert-OH is 1. The number of fused-ring (bicyclic) bond motifs is 2. The fourth-order valence-corrected chi connectivity index (χ4v) is 9.64. The monoisotopic (exact) mass is 558 g/mol. The number of phosphoric acid groups is 3. The second-order valence-electron chi connectivity index (χ2n) is 8.66. The Bertz CT molecular complexity index is 1490. The lowest BCUT2D eigenvalue weighted by molar-refractivity contribution is -0.488. The zero-order valence-electron chi connectivity index (χ0n) is 17.0. The maximum absolute atomic E-state index is 13.4. The highest BCUT2D eigenvalue weighted by Gasteiger charge is 2.80. The molecule has 4 fully saturated rings. The predicted molar refractivity (Wildman–Crippen MR) is 98.6 cm³/mol. The van der Waals surface area contributed by atoms with E-state index in [-0.39, 0.29) is 4.73 Å². The SMILES string of the molecule is O=c1c2c3n4c(=O)n1OP(=O)(O3)OC21OP(=O)(O1)OC41OC2(C3CCCCC3)OP(=O)(OC2O)O1. The van der Waals surface area contributed by atoms with Crippen LogP contribution in [0.4, 0.5) is 0 Å². The van der Waals surface area contributed by atoms with Gasteiger partial charge in [-0.05, 0) is 12.8 Å². The van der Waals surface area contributed by atoms with Crippen LogP contribution in [0.2, 0.25) is 0 Å². The number of rotatable bonds is 1. The van der Waals surface area contributed by atoms with Crippen LogP contribution in [-0.4, -0.2) is 26.5 Å². The van der Waals surface area contributed by atoms with Gasteiger partial charge in [-0.1, -0.05) is 24.0 Å². The Kier molecular flexibility index (Phi) is 3.72. The van der Waals surface area contributed by atoms with E-state index in [1.54, 1.807) is 0 Å². The van der Waals surface area contributed by atoms with Gasteiger partial charge in [-0.2, -0.15) is 4.57 Å². The summed E-state index contributed by atoms with van der Waals surface area (Å²) >= 11 is 0. The fourth-order valence-electron chi connectivity index (χ4n) is 5.22. The summed E-state index contributed by atoms with van der Waals surface area (Å²) in [7, 11) is -14.5. The molecule has 1 aliphatic carbocycles. The van der Waals surface area contributed by atoms with Crippen molar-refractivity contribution in [1.29, 1.82) is 0 Å². The molecule has 0 amide bonds. The van der Waals surface area contributed by atoms with Crippen molar-refractivity contribution in [2.45, 2.75) is 56.3 Å². The average molecular weight is 558 g/mol. The summed E-state index contributed by atoms with van der Waals surface area (Å²) in [4.78, 5) is 26.3.